The predicted molar refractivity (Wildman–Crippen MR) is 128 cm³/mol. The van der Waals surface area contributed by atoms with Gasteiger partial charge < -0.3 is 13.9 Å². The van der Waals surface area contributed by atoms with Gasteiger partial charge in [0.05, 0.1) is 30.7 Å². The van der Waals surface area contributed by atoms with Crippen molar-refractivity contribution in [3.63, 3.8) is 0 Å². The number of hydrogen-bond acceptors (Lipinski definition) is 9. The van der Waals surface area contributed by atoms with Crippen LogP contribution in [0.25, 0.3) is 11.5 Å². The van der Waals surface area contributed by atoms with Gasteiger partial charge in [0.15, 0.2) is 5.13 Å². The molecule has 0 bridgehead atoms. The van der Waals surface area contributed by atoms with E-state index in [2.05, 4.69) is 15.2 Å². The van der Waals surface area contributed by atoms with E-state index < -0.39 is 0 Å². The molecule has 2 aromatic heterocycles. The van der Waals surface area contributed by atoms with Crippen LogP contribution < -0.4 is 14.4 Å². The zero-order chi connectivity index (χ0) is 23.2. The number of carbonyl (C=O) groups excluding carboxylic acids is 1. The number of methoxy groups -OCH3 is 1. The Morgan fingerprint density at radius 1 is 1.12 bits per heavy atom. The number of aromatic nitrogens is 3. The molecule has 0 aliphatic heterocycles. The summed E-state index contributed by atoms with van der Waals surface area (Å²) in [4.78, 5) is 18.6. The molecule has 0 radical (unpaired) electrons. The average molecular weight is 483 g/mol. The number of para-hydroxylation sites is 3. The van der Waals surface area contributed by atoms with Gasteiger partial charge in [-0.25, -0.2) is 4.98 Å². The maximum Gasteiger partial charge on any atom is 0.277 e. The number of carbonyl (C=O) groups is 1. The molecule has 0 atom stereocenters. The van der Waals surface area contributed by atoms with E-state index in [0.29, 0.717) is 45.8 Å². The largest absolute Gasteiger partial charge is 0.495 e. The lowest BCUT2D eigenvalue weighted by Gasteiger charge is -2.20. The quantitative estimate of drug-likeness (QED) is 0.286. The minimum Gasteiger partial charge on any atom is -0.495 e. The van der Waals surface area contributed by atoms with Crippen molar-refractivity contribution in [1.82, 2.24) is 15.2 Å². The molecule has 0 aliphatic rings. The summed E-state index contributed by atoms with van der Waals surface area (Å²) >= 11 is 2.77. The molecule has 0 saturated carbocycles. The highest BCUT2D eigenvalue weighted by Crippen LogP contribution is 2.36. The van der Waals surface area contributed by atoms with E-state index in [0.717, 1.165) is 11.3 Å². The maximum atomic E-state index is 12.4. The van der Waals surface area contributed by atoms with Gasteiger partial charge in [0.25, 0.3) is 11.1 Å². The molecule has 0 fully saturated rings. The first-order chi connectivity index (χ1) is 16.1. The van der Waals surface area contributed by atoms with E-state index in [4.69, 9.17) is 13.9 Å². The first-order valence-electron chi connectivity index (χ1n) is 10.2. The van der Waals surface area contributed by atoms with Crippen molar-refractivity contribution in [2.24, 2.45) is 0 Å². The summed E-state index contributed by atoms with van der Waals surface area (Å²) in [5.41, 5.74) is 2.20. The Balaban J connectivity index is 1.48. The van der Waals surface area contributed by atoms with Crippen LogP contribution in [0.15, 0.2) is 63.6 Å². The van der Waals surface area contributed by atoms with Crippen LogP contribution in [0, 0.1) is 0 Å². The van der Waals surface area contributed by atoms with Gasteiger partial charge in [-0.05, 0) is 31.2 Å². The van der Waals surface area contributed by atoms with Crippen molar-refractivity contribution in [1.29, 1.82) is 0 Å². The van der Waals surface area contributed by atoms with E-state index in [-0.39, 0.29) is 5.91 Å². The van der Waals surface area contributed by atoms with Gasteiger partial charge in [-0.15, -0.1) is 21.5 Å². The lowest BCUT2D eigenvalue weighted by atomic mass is 10.2. The summed E-state index contributed by atoms with van der Waals surface area (Å²) in [6, 6.07) is 14.9. The molecule has 10 heteroatoms. The van der Waals surface area contributed by atoms with Crippen LogP contribution in [-0.4, -0.2) is 34.8 Å². The van der Waals surface area contributed by atoms with Crippen molar-refractivity contribution in [2.75, 3.05) is 18.6 Å². The van der Waals surface area contributed by atoms with Crippen molar-refractivity contribution >= 4 is 39.8 Å². The number of thiazole rings is 1. The molecule has 0 saturated heterocycles. The number of hydrogen-bond donors (Lipinski definition) is 0. The Morgan fingerprint density at radius 2 is 1.88 bits per heavy atom. The molecule has 0 N–H and O–H groups in total. The third-order valence-electron chi connectivity index (χ3n) is 4.54. The molecule has 0 unspecified atom stereocenters. The highest BCUT2D eigenvalue weighted by atomic mass is 32.2. The minimum atomic E-state index is -0.150. The van der Waals surface area contributed by atoms with Crippen molar-refractivity contribution in [3.8, 4) is 23.0 Å². The summed E-state index contributed by atoms with van der Waals surface area (Å²) in [7, 11) is 1.58. The van der Waals surface area contributed by atoms with Crippen molar-refractivity contribution < 1.29 is 18.7 Å². The van der Waals surface area contributed by atoms with Crippen LogP contribution in [0.3, 0.4) is 0 Å². The summed E-state index contributed by atoms with van der Waals surface area (Å²) in [5, 5.41) is 11.2. The second-order valence-electron chi connectivity index (χ2n) is 6.74. The fourth-order valence-electron chi connectivity index (χ4n) is 3.12. The Bertz CT molecular complexity index is 1240. The Labute approximate surface area is 199 Å². The third-order valence-corrected chi connectivity index (χ3v) is 6.27. The fraction of sp³-hybridized carbons (Fsp3) is 0.217. The van der Waals surface area contributed by atoms with Crippen LogP contribution in [0.2, 0.25) is 0 Å². The normalized spacial score (nSPS) is 10.8. The molecule has 170 valence electrons. The number of ether oxygens (including phenoxy) is 2. The minimum absolute atomic E-state index is 0.150. The SMILES string of the molecule is CCOc1ccccc1-c1nnc(SCc2csc(N(C(C)=O)c3ccccc3OC)n2)o1. The molecule has 0 aliphatic carbocycles. The van der Waals surface area contributed by atoms with E-state index >= 15 is 0 Å². The second-order valence-corrected chi connectivity index (χ2v) is 8.50. The Morgan fingerprint density at radius 3 is 2.64 bits per heavy atom. The van der Waals surface area contributed by atoms with Crippen LogP contribution in [0.4, 0.5) is 10.8 Å². The van der Waals surface area contributed by atoms with Gasteiger partial charge in [0.2, 0.25) is 5.91 Å². The highest BCUT2D eigenvalue weighted by Gasteiger charge is 2.21. The molecule has 8 nitrogen and oxygen atoms in total. The van der Waals surface area contributed by atoms with Crippen LogP contribution in [-0.2, 0) is 10.5 Å². The lowest BCUT2D eigenvalue weighted by molar-refractivity contribution is -0.115. The molecule has 4 rings (SSSR count). The smallest absolute Gasteiger partial charge is 0.277 e. The molecular formula is C23H22N4O4S2. The fourth-order valence-corrected chi connectivity index (χ4v) is 4.77. The van der Waals surface area contributed by atoms with Gasteiger partial charge >= 0.3 is 0 Å². The van der Waals surface area contributed by atoms with Crippen LogP contribution in [0.5, 0.6) is 11.5 Å². The number of benzene rings is 2. The first kappa shape index (κ1) is 22.8. The molecule has 1 amide bonds. The van der Waals surface area contributed by atoms with Gasteiger partial charge in [-0.3, -0.25) is 9.69 Å². The zero-order valence-corrected chi connectivity index (χ0v) is 20.0. The van der Waals surface area contributed by atoms with Crippen molar-refractivity contribution in [3.05, 3.63) is 59.6 Å². The molecule has 0 spiro atoms. The van der Waals surface area contributed by atoms with E-state index in [9.17, 15) is 4.79 Å². The average Bonchev–Trinajstić information content (AvgIpc) is 3.48. The standard InChI is InChI=1S/C23H22N4O4S2/c1-4-30-19-11-7-5-9-17(19)21-25-26-23(31-21)33-14-16-13-32-22(24-16)27(15(2)28)18-10-6-8-12-20(18)29-3/h5-13H,4,14H2,1-3H3. The highest BCUT2D eigenvalue weighted by molar-refractivity contribution is 7.98. The number of amides is 1. The summed E-state index contributed by atoms with van der Waals surface area (Å²) in [6.07, 6.45) is 0. The summed E-state index contributed by atoms with van der Waals surface area (Å²) in [6.45, 7) is 3.97. The van der Waals surface area contributed by atoms with Gasteiger partial charge in [0, 0.05) is 18.1 Å². The number of anilines is 2. The van der Waals surface area contributed by atoms with Crippen LogP contribution in [0.1, 0.15) is 19.5 Å². The van der Waals surface area contributed by atoms with Gasteiger partial charge in [-0.1, -0.05) is 36.0 Å². The summed E-state index contributed by atoms with van der Waals surface area (Å²) in [5.74, 6) is 2.07. The monoisotopic (exact) mass is 482 g/mol. The third kappa shape index (κ3) is 5.18. The van der Waals surface area contributed by atoms with E-state index in [1.54, 1.807) is 12.0 Å². The molecule has 33 heavy (non-hydrogen) atoms. The van der Waals surface area contributed by atoms with Crippen molar-refractivity contribution in [2.45, 2.75) is 24.8 Å². The molecule has 2 aromatic carbocycles. The predicted octanol–water partition coefficient (Wildman–Crippen LogP) is 5.58. The Hall–Kier alpha value is -3.37. The lowest BCUT2D eigenvalue weighted by Crippen LogP contribution is -2.23. The van der Waals surface area contributed by atoms with E-state index in [1.165, 1.54) is 30.0 Å². The van der Waals surface area contributed by atoms with Gasteiger partial charge in [0.1, 0.15) is 11.5 Å². The first-order valence-corrected chi connectivity index (χ1v) is 12.0. The second kappa shape index (κ2) is 10.5. The maximum absolute atomic E-state index is 12.4. The molecular weight excluding hydrogens is 460 g/mol. The van der Waals surface area contributed by atoms with Gasteiger partial charge in [-0.2, -0.15) is 0 Å². The molecule has 4 aromatic rings. The number of nitrogens with zero attached hydrogens (tertiary/aromatic N) is 4. The topological polar surface area (TPSA) is 90.6 Å². The number of rotatable bonds is 9. The molecule has 2 heterocycles. The summed E-state index contributed by atoms with van der Waals surface area (Å²) < 4.78 is 16.9. The van der Waals surface area contributed by atoms with E-state index in [1.807, 2.05) is 60.8 Å². The number of thioether (sulfide) groups is 1. The Kier molecular flexibility index (Phi) is 7.26. The van der Waals surface area contributed by atoms with Crippen LogP contribution >= 0.6 is 23.1 Å². The zero-order valence-electron chi connectivity index (χ0n) is 18.3.